The zero-order valence-corrected chi connectivity index (χ0v) is 39.8. The van der Waals surface area contributed by atoms with Crippen molar-refractivity contribution in [2.75, 3.05) is 0 Å². The third-order valence-electron chi connectivity index (χ3n) is 15.2. The molecule has 0 radical (unpaired) electrons. The van der Waals surface area contributed by atoms with E-state index in [2.05, 4.69) is 261 Å². The van der Waals surface area contributed by atoms with Crippen LogP contribution in [0.1, 0.15) is 11.1 Å². The van der Waals surface area contributed by atoms with Gasteiger partial charge < -0.3 is 18.3 Å². The first kappa shape index (κ1) is 41.4. The van der Waals surface area contributed by atoms with Crippen LogP contribution in [0.2, 0.25) is 0 Å². The molecule has 4 aromatic heterocycles. The standard InChI is InChI=1S/C68H40N6/c69-41-55-65(71-57-29-13-7-23-47(57)48-24-8-14-30-58(48)71)67(73-61-33-17-11-27-51(61)53-39-45(35-37-63(53)73)43-19-3-1-4-20-43)56(42-70)68(66(55)72-59-31-15-9-25-49(59)50-26-10-16-32-60(50)72)74-62-34-18-12-28-52(62)54-40-46(36-38-64(54)74)44-21-5-2-6-22-44/h1-40H. The number of fused-ring (bicyclic) bond motifs is 12. The minimum Gasteiger partial charge on any atom is -0.306 e. The van der Waals surface area contributed by atoms with Crippen LogP contribution in [0.5, 0.6) is 0 Å². The Bertz CT molecular complexity index is 4510. The molecular weight excluding hydrogens is 901 g/mol. The Morgan fingerprint density at radius 2 is 0.446 bits per heavy atom. The molecule has 15 rings (SSSR count). The Hall–Kier alpha value is -10.4. The van der Waals surface area contributed by atoms with Crippen LogP contribution >= 0.6 is 0 Å². The van der Waals surface area contributed by atoms with Crippen LogP contribution in [0.4, 0.5) is 0 Å². The number of nitrogens with zero attached hydrogens (tertiary/aromatic N) is 6. The topological polar surface area (TPSA) is 67.3 Å². The van der Waals surface area contributed by atoms with Gasteiger partial charge in [-0.05, 0) is 82.9 Å². The van der Waals surface area contributed by atoms with Crippen molar-refractivity contribution in [2.24, 2.45) is 0 Å². The molecule has 0 aliphatic rings. The SMILES string of the molecule is N#Cc1c(-n2c3ccccc3c3ccccc32)c(-n2c3ccccc3c3cc(-c4ccccc4)ccc32)c(C#N)c(-n2c3ccccc3c3cc(-c4ccccc4)ccc32)c1-n1c2ccccc2c2ccccc21. The molecule has 0 spiro atoms. The van der Waals surface area contributed by atoms with E-state index in [1.165, 1.54) is 0 Å². The van der Waals surface area contributed by atoms with E-state index in [1.807, 2.05) is 12.1 Å². The number of hydrogen-bond donors (Lipinski definition) is 0. The van der Waals surface area contributed by atoms with E-state index in [9.17, 15) is 10.5 Å². The van der Waals surface area contributed by atoms with Crippen LogP contribution in [-0.2, 0) is 0 Å². The van der Waals surface area contributed by atoms with E-state index < -0.39 is 0 Å². The molecule has 0 saturated carbocycles. The molecule has 0 amide bonds. The van der Waals surface area contributed by atoms with Crippen molar-refractivity contribution < 1.29 is 0 Å². The Kier molecular flexibility index (Phi) is 8.99. The van der Waals surface area contributed by atoms with Crippen molar-refractivity contribution in [3.63, 3.8) is 0 Å². The first-order valence-corrected chi connectivity index (χ1v) is 24.9. The highest BCUT2D eigenvalue weighted by atomic mass is 15.1. The zero-order chi connectivity index (χ0) is 49.0. The first-order chi connectivity index (χ1) is 36.7. The lowest BCUT2D eigenvalue weighted by Gasteiger charge is -2.27. The zero-order valence-electron chi connectivity index (χ0n) is 39.8. The van der Waals surface area contributed by atoms with E-state index in [-0.39, 0.29) is 0 Å². The van der Waals surface area contributed by atoms with E-state index in [0.717, 1.165) is 109 Å². The summed E-state index contributed by atoms with van der Waals surface area (Å²) in [4.78, 5) is 0. The van der Waals surface area contributed by atoms with Gasteiger partial charge in [0.1, 0.15) is 23.3 Å². The van der Waals surface area contributed by atoms with E-state index in [4.69, 9.17) is 0 Å². The Balaban J connectivity index is 1.22. The normalized spacial score (nSPS) is 11.8. The lowest BCUT2D eigenvalue weighted by Crippen LogP contribution is -2.16. The smallest absolute Gasteiger partial charge is 0.104 e. The monoisotopic (exact) mass is 940 g/mol. The quantitative estimate of drug-likeness (QED) is 0.167. The molecule has 15 aromatic rings. The number of nitriles is 2. The second-order valence-electron chi connectivity index (χ2n) is 19.0. The molecule has 11 aromatic carbocycles. The summed E-state index contributed by atoms with van der Waals surface area (Å²) < 4.78 is 9.02. The van der Waals surface area contributed by atoms with Gasteiger partial charge in [0.15, 0.2) is 0 Å². The maximum Gasteiger partial charge on any atom is 0.104 e. The fraction of sp³-hybridized carbons (Fsp3) is 0. The van der Waals surface area contributed by atoms with Crippen molar-refractivity contribution in [1.82, 2.24) is 18.3 Å². The fourth-order valence-electron chi connectivity index (χ4n) is 12.2. The van der Waals surface area contributed by atoms with Gasteiger partial charge in [-0.15, -0.1) is 0 Å². The predicted octanol–water partition coefficient (Wildman–Crippen LogP) is 17.2. The highest BCUT2D eigenvalue weighted by molar-refractivity contribution is 6.16. The predicted molar refractivity (Wildman–Crippen MR) is 304 cm³/mol. The molecule has 4 heterocycles. The molecule has 342 valence electrons. The number of hydrogen-bond acceptors (Lipinski definition) is 2. The molecular formula is C68H40N6. The van der Waals surface area contributed by atoms with Crippen LogP contribution < -0.4 is 0 Å². The van der Waals surface area contributed by atoms with Crippen LogP contribution in [-0.4, -0.2) is 18.3 Å². The summed E-state index contributed by atoms with van der Waals surface area (Å²) in [6.45, 7) is 0. The molecule has 74 heavy (non-hydrogen) atoms. The Labute approximate surface area is 424 Å². The number of rotatable bonds is 6. The lowest BCUT2D eigenvalue weighted by atomic mass is 9.98. The van der Waals surface area contributed by atoms with Crippen molar-refractivity contribution in [3.05, 3.63) is 254 Å². The third-order valence-corrected chi connectivity index (χ3v) is 15.2. The van der Waals surface area contributed by atoms with E-state index in [1.54, 1.807) is 0 Å². The van der Waals surface area contributed by atoms with Crippen LogP contribution in [0.25, 0.3) is 132 Å². The average Bonchev–Trinajstić information content (AvgIpc) is 4.23. The van der Waals surface area contributed by atoms with Crippen molar-refractivity contribution in [2.45, 2.75) is 0 Å². The van der Waals surface area contributed by atoms with Gasteiger partial charge in [-0.25, -0.2) is 0 Å². The maximum atomic E-state index is 12.7. The highest BCUT2D eigenvalue weighted by Gasteiger charge is 2.34. The molecule has 0 saturated heterocycles. The summed E-state index contributed by atoms with van der Waals surface area (Å²) in [5.74, 6) is 0. The first-order valence-electron chi connectivity index (χ1n) is 24.9. The summed E-state index contributed by atoms with van der Waals surface area (Å²) in [5.41, 5.74) is 15.1. The molecule has 0 aliphatic heterocycles. The van der Waals surface area contributed by atoms with Gasteiger partial charge in [0.2, 0.25) is 0 Å². The minimum atomic E-state index is 0.419. The van der Waals surface area contributed by atoms with Gasteiger partial charge in [-0.2, -0.15) is 10.5 Å². The van der Waals surface area contributed by atoms with Crippen LogP contribution in [0, 0.1) is 22.7 Å². The Morgan fingerprint density at radius 3 is 0.716 bits per heavy atom. The van der Waals surface area contributed by atoms with E-state index >= 15 is 0 Å². The summed E-state index contributed by atoms with van der Waals surface area (Å²) in [6.07, 6.45) is 0. The largest absolute Gasteiger partial charge is 0.306 e. The molecule has 0 N–H and O–H groups in total. The maximum absolute atomic E-state index is 12.7. The molecule has 0 fully saturated rings. The molecule has 0 aliphatic carbocycles. The molecule has 0 bridgehead atoms. The second-order valence-corrected chi connectivity index (χ2v) is 19.0. The van der Waals surface area contributed by atoms with Crippen molar-refractivity contribution in [1.29, 1.82) is 10.5 Å². The third kappa shape index (κ3) is 5.79. The van der Waals surface area contributed by atoms with Gasteiger partial charge in [-0.1, -0.05) is 182 Å². The molecule has 0 unspecified atom stereocenters. The lowest BCUT2D eigenvalue weighted by molar-refractivity contribution is 1.02. The summed E-state index contributed by atoms with van der Waals surface area (Å²) >= 11 is 0. The number of benzene rings is 11. The van der Waals surface area contributed by atoms with Gasteiger partial charge >= 0.3 is 0 Å². The molecule has 6 nitrogen and oxygen atoms in total. The highest BCUT2D eigenvalue weighted by Crippen LogP contribution is 2.49. The molecule has 6 heteroatoms. The Morgan fingerprint density at radius 1 is 0.216 bits per heavy atom. The van der Waals surface area contributed by atoms with Gasteiger partial charge in [0.05, 0.1) is 66.9 Å². The second kappa shape index (κ2) is 16.1. The van der Waals surface area contributed by atoms with E-state index in [0.29, 0.717) is 33.9 Å². The summed E-state index contributed by atoms with van der Waals surface area (Å²) in [6, 6.07) is 90.7. The molecule has 0 atom stereocenters. The summed E-state index contributed by atoms with van der Waals surface area (Å²) in [5, 5.41) is 33.6. The number of aromatic nitrogens is 4. The minimum absolute atomic E-state index is 0.419. The van der Waals surface area contributed by atoms with Crippen molar-refractivity contribution in [3.8, 4) is 57.1 Å². The fourth-order valence-corrected chi connectivity index (χ4v) is 12.2. The van der Waals surface area contributed by atoms with Crippen molar-refractivity contribution >= 4 is 87.2 Å². The number of para-hydroxylation sites is 6. The summed E-state index contributed by atoms with van der Waals surface area (Å²) in [7, 11) is 0. The van der Waals surface area contributed by atoms with Gasteiger partial charge in [0, 0.05) is 43.1 Å². The van der Waals surface area contributed by atoms with Gasteiger partial charge in [-0.3, -0.25) is 0 Å². The average molecular weight is 941 g/mol. The van der Waals surface area contributed by atoms with Gasteiger partial charge in [0.25, 0.3) is 0 Å². The van der Waals surface area contributed by atoms with Crippen LogP contribution in [0.3, 0.4) is 0 Å². The van der Waals surface area contributed by atoms with Crippen LogP contribution in [0.15, 0.2) is 243 Å².